The van der Waals surface area contributed by atoms with Crippen molar-refractivity contribution in [2.24, 2.45) is 17.1 Å². The number of carboxylic acid groups (broad SMARTS) is 1. The van der Waals surface area contributed by atoms with Crippen LogP contribution in [0.2, 0.25) is 0 Å². The predicted molar refractivity (Wildman–Crippen MR) is 119 cm³/mol. The second-order valence-corrected chi connectivity index (χ2v) is 8.60. The first-order valence-corrected chi connectivity index (χ1v) is 10.4. The number of carboxylic acids is 1. The van der Waals surface area contributed by atoms with E-state index in [0.29, 0.717) is 43.5 Å². The summed E-state index contributed by atoms with van der Waals surface area (Å²) in [6.45, 7) is 8.42. The number of nitrogens with zero attached hydrogens (tertiary/aromatic N) is 1. The van der Waals surface area contributed by atoms with Gasteiger partial charge in [0.2, 0.25) is 5.91 Å². The molecule has 1 aliphatic rings. The molecule has 1 saturated heterocycles. The van der Waals surface area contributed by atoms with Crippen LogP contribution in [0, 0.1) is 16.7 Å². The molecule has 8 heteroatoms. The van der Waals surface area contributed by atoms with Crippen molar-refractivity contribution in [2.45, 2.75) is 45.6 Å². The summed E-state index contributed by atoms with van der Waals surface area (Å²) < 4.78 is 0. The van der Waals surface area contributed by atoms with E-state index in [4.69, 9.17) is 16.2 Å². The highest BCUT2D eigenvalue weighted by Gasteiger charge is 2.41. The van der Waals surface area contributed by atoms with Crippen LogP contribution in [-0.2, 0) is 9.59 Å². The van der Waals surface area contributed by atoms with Crippen LogP contribution in [0.3, 0.4) is 0 Å². The van der Waals surface area contributed by atoms with Crippen molar-refractivity contribution >= 4 is 23.6 Å². The van der Waals surface area contributed by atoms with E-state index in [1.807, 2.05) is 13.8 Å². The number of rotatable bonds is 9. The predicted octanol–water partition coefficient (Wildman–Crippen LogP) is 2.38. The minimum Gasteiger partial charge on any atom is -0.481 e. The van der Waals surface area contributed by atoms with Crippen molar-refractivity contribution in [3.8, 4) is 0 Å². The highest BCUT2D eigenvalue weighted by molar-refractivity contribution is 5.98. The zero-order valence-electron chi connectivity index (χ0n) is 18.2. The van der Waals surface area contributed by atoms with Gasteiger partial charge in [0, 0.05) is 36.7 Å². The lowest BCUT2D eigenvalue weighted by molar-refractivity contribution is -0.143. The fourth-order valence-corrected chi connectivity index (χ4v) is 3.89. The van der Waals surface area contributed by atoms with Gasteiger partial charge in [0.15, 0.2) is 0 Å². The maximum atomic E-state index is 13.3. The molecule has 1 aliphatic heterocycles. The number of amides is 2. The van der Waals surface area contributed by atoms with Gasteiger partial charge in [-0.05, 0) is 51.2 Å². The SMILES string of the molecule is C=CCC(NC(=O)c1ccc(C(=N)N)cc1)C(C)(C)C(=O)N1CCC(CC(=O)O)CC1. The Morgan fingerprint density at radius 3 is 2.29 bits per heavy atom. The minimum atomic E-state index is -0.872. The van der Waals surface area contributed by atoms with Gasteiger partial charge < -0.3 is 21.1 Å². The van der Waals surface area contributed by atoms with Gasteiger partial charge in [0.1, 0.15) is 5.84 Å². The molecule has 0 bridgehead atoms. The number of nitrogens with one attached hydrogen (secondary N) is 2. The quantitative estimate of drug-likeness (QED) is 0.272. The number of hydrogen-bond donors (Lipinski definition) is 4. The van der Waals surface area contributed by atoms with Gasteiger partial charge >= 0.3 is 5.97 Å². The van der Waals surface area contributed by atoms with Gasteiger partial charge in [-0.1, -0.05) is 18.2 Å². The summed E-state index contributed by atoms with van der Waals surface area (Å²) in [5.74, 6) is -1.18. The molecule has 2 amide bonds. The van der Waals surface area contributed by atoms with Crippen LogP contribution in [0.1, 0.15) is 55.5 Å². The van der Waals surface area contributed by atoms with Gasteiger partial charge in [-0.25, -0.2) is 0 Å². The Morgan fingerprint density at radius 1 is 1.26 bits per heavy atom. The van der Waals surface area contributed by atoms with Crippen molar-refractivity contribution in [1.29, 1.82) is 5.41 Å². The van der Waals surface area contributed by atoms with E-state index in [1.165, 1.54) is 0 Å². The minimum absolute atomic E-state index is 0.0691. The normalized spacial score (nSPS) is 15.7. The number of nitrogen functional groups attached to an aromatic ring is 1. The number of benzene rings is 1. The van der Waals surface area contributed by atoms with Crippen molar-refractivity contribution in [3.05, 3.63) is 48.0 Å². The van der Waals surface area contributed by atoms with Crippen molar-refractivity contribution in [3.63, 3.8) is 0 Å². The van der Waals surface area contributed by atoms with Crippen LogP contribution in [-0.4, -0.2) is 52.8 Å². The van der Waals surface area contributed by atoms with Crippen molar-refractivity contribution in [1.82, 2.24) is 10.2 Å². The summed E-state index contributed by atoms with van der Waals surface area (Å²) in [6, 6.07) is 5.95. The second kappa shape index (κ2) is 10.2. The number of aliphatic carboxylic acids is 1. The molecule has 168 valence electrons. The first kappa shape index (κ1) is 24.1. The third-order valence-corrected chi connectivity index (χ3v) is 5.95. The molecule has 0 spiro atoms. The summed E-state index contributed by atoms with van der Waals surface area (Å²) in [5, 5.41) is 19.4. The summed E-state index contributed by atoms with van der Waals surface area (Å²) in [7, 11) is 0. The van der Waals surface area contributed by atoms with E-state index in [-0.39, 0.29) is 30.0 Å². The smallest absolute Gasteiger partial charge is 0.303 e. The molecule has 1 unspecified atom stereocenters. The molecule has 1 aromatic rings. The van der Waals surface area contributed by atoms with Gasteiger partial charge in [0.05, 0.1) is 5.41 Å². The van der Waals surface area contributed by atoms with Gasteiger partial charge in [-0.2, -0.15) is 0 Å². The maximum Gasteiger partial charge on any atom is 0.303 e. The number of amidine groups is 1. The Hall–Kier alpha value is -3.16. The van der Waals surface area contributed by atoms with Gasteiger partial charge in [-0.3, -0.25) is 19.8 Å². The Labute approximate surface area is 183 Å². The molecule has 1 atom stereocenters. The highest BCUT2D eigenvalue weighted by Crippen LogP contribution is 2.30. The lowest BCUT2D eigenvalue weighted by Gasteiger charge is -2.40. The number of carbonyl (C=O) groups excluding carboxylic acids is 2. The van der Waals surface area contributed by atoms with E-state index in [9.17, 15) is 14.4 Å². The lowest BCUT2D eigenvalue weighted by Crippen LogP contribution is -2.54. The van der Waals surface area contributed by atoms with Crippen molar-refractivity contribution in [2.75, 3.05) is 13.1 Å². The van der Waals surface area contributed by atoms with Crippen LogP contribution in [0.5, 0.6) is 0 Å². The number of carbonyl (C=O) groups is 3. The summed E-state index contributed by atoms with van der Waals surface area (Å²) in [6.07, 6.45) is 3.55. The fourth-order valence-electron chi connectivity index (χ4n) is 3.89. The summed E-state index contributed by atoms with van der Waals surface area (Å²) in [4.78, 5) is 38.8. The molecule has 8 nitrogen and oxygen atoms in total. The fraction of sp³-hybridized carbons (Fsp3) is 0.478. The average Bonchev–Trinajstić information content (AvgIpc) is 2.73. The molecule has 0 saturated carbocycles. The first-order chi connectivity index (χ1) is 14.6. The maximum absolute atomic E-state index is 13.3. The molecule has 1 heterocycles. The molecule has 0 aliphatic carbocycles. The van der Waals surface area contributed by atoms with Gasteiger partial charge in [0.25, 0.3) is 5.91 Å². The molecule has 2 rings (SSSR count). The number of piperidine rings is 1. The standard InChI is InChI=1S/C23H32N4O4/c1-4-5-18(26-21(30)17-8-6-16(7-9-17)20(24)25)23(2,3)22(31)27-12-10-15(11-13-27)14-19(28)29/h4,6-9,15,18H,1,5,10-14H2,2-3H3,(H3,24,25)(H,26,30)(H,28,29). The Morgan fingerprint density at radius 2 is 1.81 bits per heavy atom. The molecular weight excluding hydrogens is 396 g/mol. The van der Waals surface area contributed by atoms with Crippen LogP contribution < -0.4 is 11.1 Å². The number of hydrogen-bond acceptors (Lipinski definition) is 4. The molecule has 0 radical (unpaired) electrons. The van der Waals surface area contributed by atoms with Crippen LogP contribution in [0.25, 0.3) is 0 Å². The molecule has 5 N–H and O–H groups in total. The van der Waals surface area contributed by atoms with Crippen LogP contribution in [0.4, 0.5) is 0 Å². The topological polar surface area (TPSA) is 137 Å². The summed E-state index contributed by atoms with van der Waals surface area (Å²) >= 11 is 0. The van der Waals surface area contributed by atoms with E-state index in [0.717, 1.165) is 0 Å². The number of nitrogens with two attached hydrogens (primary N) is 1. The van der Waals surface area contributed by atoms with Crippen LogP contribution in [0.15, 0.2) is 36.9 Å². The van der Waals surface area contributed by atoms with E-state index in [2.05, 4.69) is 11.9 Å². The van der Waals surface area contributed by atoms with E-state index < -0.39 is 17.4 Å². The highest BCUT2D eigenvalue weighted by atomic mass is 16.4. The number of likely N-dealkylation sites (tertiary alicyclic amines) is 1. The van der Waals surface area contributed by atoms with Crippen LogP contribution >= 0.6 is 0 Å². The molecule has 1 fully saturated rings. The second-order valence-electron chi connectivity index (χ2n) is 8.60. The zero-order valence-corrected chi connectivity index (χ0v) is 18.2. The monoisotopic (exact) mass is 428 g/mol. The molecule has 0 aromatic heterocycles. The average molecular weight is 429 g/mol. The lowest BCUT2D eigenvalue weighted by atomic mass is 9.80. The molecule has 31 heavy (non-hydrogen) atoms. The van der Waals surface area contributed by atoms with E-state index in [1.54, 1.807) is 35.2 Å². The third kappa shape index (κ3) is 6.16. The zero-order chi connectivity index (χ0) is 23.2. The largest absolute Gasteiger partial charge is 0.481 e. The van der Waals surface area contributed by atoms with Gasteiger partial charge in [-0.15, -0.1) is 6.58 Å². The first-order valence-electron chi connectivity index (χ1n) is 10.4. The Balaban J connectivity index is 2.08. The molecule has 1 aromatic carbocycles. The Bertz CT molecular complexity index is 840. The summed E-state index contributed by atoms with van der Waals surface area (Å²) in [5.41, 5.74) is 5.52. The third-order valence-electron chi connectivity index (χ3n) is 5.95. The van der Waals surface area contributed by atoms with Crippen molar-refractivity contribution < 1.29 is 19.5 Å². The van der Waals surface area contributed by atoms with E-state index >= 15 is 0 Å². The Kier molecular flexibility index (Phi) is 7.96. The molecular formula is C23H32N4O4.